The van der Waals surface area contributed by atoms with E-state index in [1.54, 1.807) is 0 Å². The molecule has 1 aromatic rings. The Morgan fingerprint density at radius 2 is 2.12 bits per heavy atom. The predicted octanol–water partition coefficient (Wildman–Crippen LogP) is 2.63. The second-order valence-corrected chi connectivity index (χ2v) is 3.42. The van der Waals surface area contributed by atoms with Crippen LogP contribution in [0.3, 0.4) is 0 Å². The fraction of sp³-hybridized carbons (Fsp3) is 0.364. The molecule has 0 aliphatic rings. The highest BCUT2D eigenvalue weighted by Gasteiger charge is 2.31. The molecule has 92 valence electrons. The van der Waals surface area contributed by atoms with Crippen LogP contribution in [0, 0.1) is 11.3 Å². The van der Waals surface area contributed by atoms with Gasteiger partial charge < -0.3 is 10.5 Å². The van der Waals surface area contributed by atoms with Crippen LogP contribution in [-0.2, 0) is 6.18 Å². The first-order valence-electron chi connectivity index (χ1n) is 4.77. The van der Waals surface area contributed by atoms with Crippen molar-refractivity contribution in [2.45, 2.75) is 18.6 Å². The summed E-state index contributed by atoms with van der Waals surface area (Å²) in [5.41, 5.74) is 5.24. The molecule has 0 radical (unpaired) electrons. The molecule has 2 N–H and O–H groups in total. The standard InChI is InChI=1S/C11H11F3N2O/c1-17-10-6-7(11(12,13)14)2-3-8(10)9(16)4-5-15/h2-3,6,9H,4,16H2,1H3/t9-/m1/s1. The van der Waals surface area contributed by atoms with Crippen LogP contribution in [0.5, 0.6) is 5.75 Å². The Balaban J connectivity index is 3.15. The number of rotatable bonds is 3. The van der Waals surface area contributed by atoms with Crippen molar-refractivity contribution < 1.29 is 17.9 Å². The first-order chi connectivity index (χ1) is 7.90. The molecule has 3 nitrogen and oxygen atoms in total. The largest absolute Gasteiger partial charge is 0.496 e. The monoisotopic (exact) mass is 244 g/mol. The number of nitriles is 1. The van der Waals surface area contributed by atoms with Gasteiger partial charge in [-0.05, 0) is 12.1 Å². The quantitative estimate of drug-likeness (QED) is 0.889. The van der Waals surface area contributed by atoms with E-state index in [9.17, 15) is 13.2 Å². The van der Waals surface area contributed by atoms with Crippen LogP contribution in [0.15, 0.2) is 18.2 Å². The van der Waals surface area contributed by atoms with Crippen molar-refractivity contribution in [1.29, 1.82) is 5.26 Å². The molecule has 0 bridgehead atoms. The number of nitrogens with zero attached hydrogens (tertiary/aromatic N) is 1. The summed E-state index contributed by atoms with van der Waals surface area (Å²) >= 11 is 0. The first kappa shape index (κ1) is 13.3. The average Bonchev–Trinajstić information content (AvgIpc) is 2.27. The minimum atomic E-state index is -4.43. The SMILES string of the molecule is COc1cc(C(F)(F)F)ccc1[C@H](N)CC#N. The molecular weight excluding hydrogens is 233 g/mol. The van der Waals surface area contributed by atoms with Gasteiger partial charge in [-0.15, -0.1) is 0 Å². The Morgan fingerprint density at radius 1 is 1.47 bits per heavy atom. The van der Waals surface area contributed by atoms with Gasteiger partial charge in [0.2, 0.25) is 0 Å². The van der Waals surface area contributed by atoms with Gasteiger partial charge in [-0.3, -0.25) is 0 Å². The fourth-order valence-corrected chi connectivity index (χ4v) is 1.40. The van der Waals surface area contributed by atoms with Crippen molar-refractivity contribution in [3.8, 4) is 11.8 Å². The third kappa shape index (κ3) is 3.11. The highest BCUT2D eigenvalue weighted by atomic mass is 19.4. The number of halogens is 3. The molecule has 1 aromatic carbocycles. The lowest BCUT2D eigenvalue weighted by Gasteiger charge is -2.15. The molecule has 0 saturated heterocycles. The third-order valence-corrected chi connectivity index (χ3v) is 2.27. The number of nitrogens with two attached hydrogens (primary N) is 1. The van der Waals surface area contributed by atoms with Crippen LogP contribution in [0.4, 0.5) is 13.2 Å². The Morgan fingerprint density at radius 3 is 2.59 bits per heavy atom. The summed E-state index contributed by atoms with van der Waals surface area (Å²) in [6, 6.07) is 4.25. The molecule has 17 heavy (non-hydrogen) atoms. The van der Waals surface area contributed by atoms with Crippen molar-refractivity contribution in [2.75, 3.05) is 7.11 Å². The van der Waals surface area contributed by atoms with Crippen LogP contribution in [0.2, 0.25) is 0 Å². The summed E-state index contributed by atoms with van der Waals surface area (Å²) < 4.78 is 42.2. The Hall–Kier alpha value is -1.74. The van der Waals surface area contributed by atoms with Gasteiger partial charge in [0, 0.05) is 11.6 Å². The molecule has 0 aliphatic heterocycles. The molecule has 0 fully saturated rings. The number of alkyl halides is 3. The minimum absolute atomic E-state index is 0.0156. The maximum atomic E-state index is 12.4. The van der Waals surface area contributed by atoms with Gasteiger partial charge in [0.1, 0.15) is 5.75 Å². The van der Waals surface area contributed by atoms with E-state index in [2.05, 4.69) is 0 Å². The van der Waals surface area contributed by atoms with Gasteiger partial charge in [0.05, 0.1) is 25.2 Å². The lowest BCUT2D eigenvalue weighted by molar-refractivity contribution is -0.137. The van der Waals surface area contributed by atoms with Crippen LogP contribution in [0.1, 0.15) is 23.6 Å². The molecule has 1 atom stereocenters. The van der Waals surface area contributed by atoms with Gasteiger partial charge in [0.15, 0.2) is 0 Å². The van der Waals surface area contributed by atoms with Gasteiger partial charge in [-0.2, -0.15) is 18.4 Å². The first-order valence-corrected chi connectivity index (χ1v) is 4.77. The number of methoxy groups -OCH3 is 1. The van der Waals surface area contributed by atoms with E-state index in [1.807, 2.05) is 6.07 Å². The summed E-state index contributed by atoms with van der Waals surface area (Å²) in [4.78, 5) is 0. The Labute approximate surface area is 96.6 Å². The van der Waals surface area contributed by atoms with E-state index >= 15 is 0 Å². The highest BCUT2D eigenvalue weighted by molar-refractivity contribution is 5.40. The van der Waals surface area contributed by atoms with Gasteiger partial charge in [-0.1, -0.05) is 6.07 Å². The van der Waals surface area contributed by atoms with Crippen LogP contribution in [0.25, 0.3) is 0 Å². The second kappa shape index (κ2) is 5.06. The summed E-state index contributed by atoms with van der Waals surface area (Å²) in [6.07, 6.45) is -4.41. The smallest absolute Gasteiger partial charge is 0.416 e. The fourth-order valence-electron chi connectivity index (χ4n) is 1.40. The van der Waals surface area contributed by atoms with E-state index in [0.717, 1.165) is 12.1 Å². The molecule has 0 heterocycles. The number of ether oxygens (including phenoxy) is 1. The number of hydrogen-bond acceptors (Lipinski definition) is 3. The van der Waals surface area contributed by atoms with Gasteiger partial charge >= 0.3 is 6.18 Å². The molecule has 0 spiro atoms. The van der Waals surface area contributed by atoms with Gasteiger partial charge in [0.25, 0.3) is 0 Å². The summed E-state index contributed by atoms with van der Waals surface area (Å²) in [5, 5.41) is 8.49. The number of hydrogen-bond donors (Lipinski definition) is 1. The topological polar surface area (TPSA) is 59.0 Å². The molecular formula is C11H11F3N2O. The molecule has 1 rings (SSSR count). The molecule has 0 amide bonds. The molecule has 0 saturated carbocycles. The maximum absolute atomic E-state index is 12.4. The van der Waals surface area contributed by atoms with Crippen molar-refractivity contribution in [1.82, 2.24) is 0 Å². The zero-order valence-corrected chi connectivity index (χ0v) is 9.08. The normalized spacial score (nSPS) is 12.9. The van der Waals surface area contributed by atoms with Crippen molar-refractivity contribution >= 4 is 0 Å². The maximum Gasteiger partial charge on any atom is 0.416 e. The molecule has 0 aliphatic carbocycles. The van der Waals surface area contributed by atoms with Crippen LogP contribution in [-0.4, -0.2) is 7.11 Å². The van der Waals surface area contributed by atoms with Crippen LogP contribution < -0.4 is 10.5 Å². The zero-order chi connectivity index (χ0) is 13.1. The number of benzene rings is 1. The van der Waals surface area contributed by atoms with Gasteiger partial charge in [-0.25, -0.2) is 0 Å². The van der Waals surface area contributed by atoms with Crippen molar-refractivity contribution in [2.24, 2.45) is 5.73 Å². The molecule has 0 unspecified atom stereocenters. The van der Waals surface area contributed by atoms with E-state index < -0.39 is 17.8 Å². The lowest BCUT2D eigenvalue weighted by atomic mass is 10.0. The Kier molecular flexibility index (Phi) is 3.97. The lowest BCUT2D eigenvalue weighted by Crippen LogP contribution is -2.12. The second-order valence-electron chi connectivity index (χ2n) is 3.42. The van der Waals surface area contributed by atoms with E-state index in [0.29, 0.717) is 5.56 Å². The zero-order valence-electron chi connectivity index (χ0n) is 9.08. The minimum Gasteiger partial charge on any atom is -0.496 e. The van der Waals surface area contributed by atoms with Crippen molar-refractivity contribution in [3.05, 3.63) is 29.3 Å². The van der Waals surface area contributed by atoms with E-state index in [-0.39, 0.29) is 12.2 Å². The average molecular weight is 244 g/mol. The van der Waals surface area contributed by atoms with Crippen LogP contribution >= 0.6 is 0 Å². The van der Waals surface area contributed by atoms with Crippen molar-refractivity contribution in [3.63, 3.8) is 0 Å². The molecule has 6 heteroatoms. The summed E-state index contributed by atoms with van der Waals surface area (Å²) in [5.74, 6) is 0.0441. The summed E-state index contributed by atoms with van der Waals surface area (Å²) in [7, 11) is 1.26. The Bertz CT molecular complexity index is 437. The summed E-state index contributed by atoms with van der Waals surface area (Å²) in [6.45, 7) is 0. The third-order valence-electron chi connectivity index (χ3n) is 2.27. The highest BCUT2D eigenvalue weighted by Crippen LogP contribution is 2.34. The van der Waals surface area contributed by atoms with E-state index in [4.69, 9.17) is 15.7 Å². The molecule has 0 aromatic heterocycles. The predicted molar refractivity (Wildman–Crippen MR) is 55.2 cm³/mol. The van der Waals surface area contributed by atoms with E-state index in [1.165, 1.54) is 13.2 Å².